The monoisotopic (exact) mass is 387 g/mol. The zero-order valence-corrected chi connectivity index (χ0v) is 15.6. The van der Waals surface area contributed by atoms with E-state index in [9.17, 15) is 10.1 Å². The number of rotatable bonds is 2. The summed E-state index contributed by atoms with van der Waals surface area (Å²) in [5.74, 6) is 0.653. The fourth-order valence-corrected chi connectivity index (χ4v) is 5.24. The number of amides is 1. The van der Waals surface area contributed by atoms with Crippen LogP contribution in [0, 0.1) is 11.3 Å². The summed E-state index contributed by atoms with van der Waals surface area (Å²) in [7, 11) is 0. The summed E-state index contributed by atoms with van der Waals surface area (Å²) in [5.41, 5.74) is 1.73. The number of hydrogen-bond acceptors (Lipinski definition) is 5. The van der Waals surface area contributed by atoms with Crippen molar-refractivity contribution in [2.24, 2.45) is 0 Å². The third-order valence-electron chi connectivity index (χ3n) is 4.37. The van der Waals surface area contributed by atoms with Gasteiger partial charge in [-0.15, -0.1) is 11.3 Å². The van der Waals surface area contributed by atoms with Crippen LogP contribution < -0.4 is 4.90 Å². The molecule has 2 aliphatic rings. The zero-order valence-electron chi connectivity index (χ0n) is 13.2. The van der Waals surface area contributed by atoms with Crippen molar-refractivity contribution in [3.8, 4) is 6.07 Å². The van der Waals surface area contributed by atoms with Crippen molar-refractivity contribution in [3.05, 3.63) is 62.3 Å². The van der Waals surface area contributed by atoms with E-state index in [1.807, 2.05) is 41.8 Å². The molecule has 4 nitrogen and oxygen atoms in total. The number of nitrogens with zero attached hydrogens (tertiary/aromatic N) is 3. The molecule has 0 saturated carbocycles. The summed E-state index contributed by atoms with van der Waals surface area (Å²) in [6.07, 6.45) is 0.349. The number of carbonyl (C=O) groups is 1. The van der Waals surface area contributed by atoms with Crippen molar-refractivity contribution in [2.75, 3.05) is 17.4 Å². The molecular weight excluding hydrogens is 374 g/mol. The maximum Gasteiger partial charge on any atom is 0.229 e. The molecule has 25 heavy (non-hydrogen) atoms. The predicted molar refractivity (Wildman–Crippen MR) is 102 cm³/mol. The Bertz CT molecular complexity index is 871. The van der Waals surface area contributed by atoms with Gasteiger partial charge in [0.15, 0.2) is 0 Å². The van der Waals surface area contributed by atoms with Crippen LogP contribution in [0.1, 0.15) is 17.2 Å². The van der Waals surface area contributed by atoms with Gasteiger partial charge in [-0.1, -0.05) is 29.4 Å². The minimum atomic E-state index is -0.113. The Balaban J connectivity index is 1.65. The Morgan fingerprint density at radius 2 is 2.04 bits per heavy atom. The lowest BCUT2D eigenvalue weighted by Crippen LogP contribution is -2.47. The first kappa shape index (κ1) is 16.5. The first-order valence-electron chi connectivity index (χ1n) is 7.78. The molecule has 0 aliphatic carbocycles. The van der Waals surface area contributed by atoms with Crippen LogP contribution >= 0.6 is 34.7 Å². The van der Waals surface area contributed by atoms with Crippen LogP contribution in [0.3, 0.4) is 0 Å². The Labute approximate surface area is 159 Å². The lowest BCUT2D eigenvalue weighted by molar-refractivity contribution is -0.129. The first-order valence-corrected chi connectivity index (χ1v) is 10.0. The maximum absolute atomic E-state index is 12.8. The van der Waals surface area contributed by atoms with Gasteiger partial charge in [-0.3, -0.25) is 9.69 Å². The van der Waals surface area contributed by atoms with Crippen molar-refractivity contribution >= 4 is 46.3 Å². The van der Waals surface area contributed by atoms with Crippen molar-refractivity contribution in [1.29, 1.82) is 5.26 Å². The largest absolute Gasteiger partial charge is 0.344 e. The van der Waals surface area contributed by atoms with E-state index >= 15 is 0 Å². The van der Waals surface area contributed by atoms with Gasteiger partial charge >= 0.3 is 0 Å². The number of anilines is 1. The molecule has 2 aromatic rings. The Morgan fingerprint density at radius 1 is 1.24 bits per heavy atom. The van der Waals surface area contributed by atoms with Crippen LogP contribution in [0.25, 0.3) is 0 Å². The highest BCUT2D eigenvalue weighted by molar-refractivity contribution is 8.03. The Morgan fingerprint density at radius 3 is 2.72 bits per heavy atom. The molecule has 7 heteroatoms. The van der Waals surface area contributed by atoms with Gasteiger partial charge in [0, 0.05) is 27.9 Å². The van der Waals surface area contributed by atoms with Crippen molar-refractivity contribution in [3.63, 3.8) is 0 Å². The molecule has 0 bridgehead atoms. The molecule has 1 aromatic carbocycles. The fraction of sp³-hybridized carbons (Fsp3) is 0.222. The lowest BCUT2D eigenvalue weighted by Gasteiger charge is -2.41. The minimum Gasteiger partial charge on any atom is -0.344 e. The van der Waals surface area contributed by atoms with Gasteiger partial charge in [0.05, 0.1) is 29.2 Å². The average molecular weight is 388 g/mol. The third-order valence-corrected chi connectivity index (χ3v) is 6.76. The molecule has 4 rings (SSSR count). The summed E-state index contributed by atoms with van der Waals surface area (Å²) >= 11 is 9.11. The summed E-state index contributed by atoms with van der Waals surface area (Å²) in [4.78, 5) is 17.7. The Hall–Kier alpha value is -1.94. The summed E-state index contributed by atoms with van der Waals surface area (Å²) in [6.45, 7) is 0.463. The van der Waals surface area contributed by atoms with E-state index in [0.717, 1.165) is 15.6 Å². The van der Waals surface area contributed by atoms with Crippen molar-refractivity contribution in [1.82, 2.24) is 4.90 Å². The number of halogens is 1. The maximum atomic E-state index is 12.8. The molecule has 0 radical (unpaired) electrons. The molecule has 0 unspecified atom stereocenters. The fourth-order valence-electron chi connectivity index (χ4n) is 3.11. The number of thiophene rings is 1. The van der Waals surface area contributed by atoms with Gasteiger partial charge in [0.2, 0.25) is 5.91 Å². The average Bonchev–Trinajstić information content (AvgIpc) is 3.16. The standard InChI is InChI=1S/C18H14ClN3OS2/c19-12-3-5-13(6-4-12)21-10-22-17(23)8-14(16-2-1-7-24-16)15(9-20)18(22)25-11-21/h1-7,14H,8,10-11H2/t14-/m0/s1. The van der Waals surface area contributed by atoms with Gasteiger partial charge in [0.1, 0.15) is 0 Å². The SMILES string of the molecule is N#CC1=C2SCN(c3ccc(Cl)cc3)CN2C(=O)C[C@@H]1c1cccs1. The Kier molecular flexibility index (Phi) is 4.46. The van der Waals surface area contributed by atoms with Crippen molar-refractivity contribution < 1.29 is 4.79 Å². The molecule has 3 heterocycles. The number of hydrogen-bond donors (Lipinski definition) is 0. The number of benzene rings is 1. The van der Waals surface area contributed by atoms with E-state index in [1.165, 1.54) is 0 Å². The van der Waals surface area contributed by atoms with Gasteiger partial charge < -0.3 is 4.90 Å². The third kappa shape index (κ3) is 3.04. The predicted octanol–water partition coefficient (Wildman–Crippen LogP) is 4.62. The molecule has 1 atom stereocenters. The van der Waals surface area contributed by atoms with Gasteiger partial charge in [-0.05, 0) is 35.7 Å². The van der Waals surface area contributed by atoms with Gasteiger partial charge in [-0.2, -0.15) is 5.26 Å². The normalized spacial score (nSPS) is 20.5. The summed E-state index contributed by atoms with van der Waals surface area (Å²) < 4.78 is 0. The van der Waals surface area contributed by atoms with E-state index in [2.05, 4.69) is 11.0 Å². The smallest absolute Gasteiger partial charge is 0.229 e. The van der Waals surface area contributed by atoms with Crippen LogP contribution in [0.2, 0.25) is 5.02 Å². The van der Waals surface area contributed by atoms with E-state index < -0.39 is 0 Å². The highest BCUT2D eigenvalue weighted by atomic mass is 35.5. The van der Waals surface area contributed by atoms with Crippen LogP contribution in [0.15, 0.2) is 52.4 Å². The summed E-state index contributed by atoms with van der Waals surface area (Å²) in [5, 5.41) is 13.2. The molecule has 2 aliphatic heterocycles. The number of nitriles is 1. The quantitative estimate of drug-likeness (QED) is 0.754. The van der Waals surface area contributed by atoms with E-state index in [0.29, 0.717) is 29.6 Å². The van der Waals surface area contributed by atoms with Crippen molar-refractivity contribution in [2.45, 2.75) is 12.3 Å². The second kappa shape index (κ2) is 6.75. The molecule has 1 aromatic heterocycles. The number of fused-ring (bicyclic) bond motifs is 1. The minimum absolute atomic E-state index is 0.0681. The molecule has 1 amide bonds. The molecule has 0 N–H and O–H groups in total. The van der Waals surface area contributed by atoms with Gasteiger partial charge in [0.25, 0.3) is 0 Å². The first-order chi connectivity index (χ1) is 12.2. The van der Waals surface area contributed by atoms with Crippen LogP contribution in [0.4, 0.5) is 5.69 Å². The second-order valence-electron chi connectivity index (χ2n) is 5.86. The van der Waals surface area contributed by atoms with Gasteiger partial charge in [-0.25, -0.2) is 0 Å². The van der Waals surface area contributed by atoms with Crippen LogP contribution in [-0.2, 0) is 4.79 Å². The van der Waals surface area contributed by atoms with E-state index in [1.54, 1.807) is 28.0 Å². The highest BCUT2D eigenvalue weighted by Gasteiger charge is 2.38. The molecular formula is C18H14ClN3OS2. The zero-order chi connectivity index (χ0) is 17.4. The van der Waals surface area contributed by atoms with E-state index in [4.69, 9.17) is 11.6 Å². The number of thioether (sulfide) groups is 1. The summed E-state index contributed by atoms with van der Waals surface area (Å²) in [6, 6.07) is 13.9. The van der Waals surface area contributed by atoms with Crippen LogP contribution in [0.5, 0.6) is 0 Å². The second-order valence-corrected chi connectivity index (χ2v) is 8.20. The topological polar surface area (TPSA) is 47.3 Å². The molecule has 0 spiro atoms. The highest BCUT2D eigenvalue weighted by Crippen LogP contribution is 2.44. The molecule has 1 saturated heterocycles. The molecule has 126 valence electrons. The number of allylic oxidation sites excluding steroid dienone is 1. The molecule has 1 fully saturated rings. The van der Waals surface area contributed by atoms with Crippen LogP contribution in [-0.4, -0.2) is 23.4 Å². The lowest BCUT2D eigenvalue weighted by atomic mass is 9.92. The number of carbonyl (C=O) groups excluding carboxylic acids is 1. The van der Waals surface area contributed by atoms with E-state index in [-0.39, 0.29) is 11.8 Å².